The fraction of sp³-hybridized carbons (Fsp3) is 0.636. The average molecular weight is 221 g/mol. The zero-order valence-electron chi connectivity index (χ0n) is 9.77. The molecule has 3 atom stereocenters. The molecule has 3 unspecified atom stereocenters. The Kier molecular flexibility index (Phi) is 3.24. The molecule has 5 nitrogen and oxygen atoms in total. The second-order valence-electron chi connectivity index (χ2n) is 4.57. The smallest absolute Gasteiger partial charge is 0.239 e. The summed E-state index contributed by atoms with van der Waals surface area (Å²) in [6.07, 6.45) is 4.19. The highest BCUT2D eigenvalue weighted by molar-refractivity contribution is 5.40. The third-order valence-corrected chi connectivity index (χ3v) is 3.58. The number of anilines is 2. The van der Waals surface area contributed by atoms with Crippen LogP contribution in [-0.2, 0) is 0 Å². The summed E-state index contributed by atoms with van der Waals surface area (Å²) >= 11 is 0. The minimum Gasteiger partial charge on any atom is -0.367 e. The number of rotatable bonds is 3. The molecule has 0 amide bonds. The average Bonchev–Trinajstić information content (AvgIpc) is 2.61. The second-order valence-corrected chi connectivity index (χ2v) is 4.57. The van der Waals surface area contributed by atoms with Gasteiger partial charge in [0.2, 0.25) is 5.95 Å². The molecule has 1 aromatic rings. The molecule has 0 radical (unpaired) electrons. The van der Waals surface area contributed by atoms with Crippen LogP contribution in [0.15, 0.2) is 12.3 Å². The Labute approximate surface area is 95.8 Å². The Bertz CT molecular complexity index is 354. The van der Waals surface area contributed by atoms with E-state index in [1.54, 1.807) is 6.20 Å². The van der Waals surface area contributed by atoms with E-state index in [-0.39, 0.29) is 0 Å². The van der Waals surface area contributed by atoms with Crippen LogP contribution < -0.4 is 16.6 Å². The first-order valence-electron chi connectivity index (χ1n) is 5.77. The summed E-state index contributed by atoms with van der Waals surface area (Å²) in [6.45, 7) is 4.60. The van der Waals surface area contributed by atoms with Gasteiger partial charge in [0.15, 0.2) is 0 Å². The van der Waals surface area contributed by atoms with Crippen LogP contribution in [0.4, 0.5) is 11.8 Å². The van der Waals surface area contributed by atoms with E-state index in [4.69, 9.17) is 5.84 Å². The first-order chi connectivity index (χ1) is 7.70. The first kappa shape index (κ1) is 11.1. The lowest BCUT2D eigenvalue weighted by atomic mass is 9.98. The van der Waals surface area contributed by atoms with Crippen molar-refractivity contribution in [1.82, 2.24) is 9.97 Å². The van der Waals surface area contributed by atoms with Crippen LogP contribution in [0, 0.1) is 11.8 Å². The van der Waals surface area contributed by atoms with Crippen molar-refractivity contribution in [3.63, 3.8) is 0 Å². The number of aromatic nitrogens is 2. The summed E-state index contributed by atoms with van der Waals surface area (Å²) in [4.78, 5) is 8.24. The number of hydrogen-bond donors (Lipinski definition) is 3. The largest absolute Gasteiger partial charge is 0.367 e. The molecule has 88 valence electrons. The number of nitrogen functional groups attached to an aromatic ring is 1. The maximum Gasteiger partial charge on any atom is 0.239 e. The Balaban J connectivity index is 2.03. The molecule has 5 heteroatoms. The molecular formula is C11H19N5. The fourth-order valence-electron chi connectivity index (χ4n) is 2.27. The highest BCUT2D eigenvalue weighted by atomic mass is 15.3. The Morgan fingerprint density at radius 2 is 2.19 bits per heavy atom. The van der Waals surface area contributed by atoms with Gasteiger partial charge in [0, 0.05) is 12.2 Å². The van der Waals surface area contributed by atoms with Gasteiger partial charge in [0.1, 0.15) is 5.82 Å². The highest BCUT2D eigenvalue weighted by Crippen LogP contribution is 2.32. The molecule has 0 spiro atoms. The molecule has 0 aromatic carbocycles. The monoisotopic (exact) mass is 221 g/mol. The number of hydrazine groups is 1. The molecule has 1 aliphatic carbocycles. The van der Waals surface area contributed by atoms with Gasteiger partial charge in [0.25, 0.3) is 0 Å². The van der Waals surface area contributed by atoms with E-state index in [2.05, 4.69) is 34.6 Å². The van der Waals surface area contributed by atoms with Gasteiger partial charge in [-0.25, -0.2) is 10.8 Å². The molecule has 1 saturated carbocycles. The van der Waals surface area contributed by atoms with Crippen molar-refractivity contribution in [3.8, 4) is 0 Å². The highest BCUT2D eigenvalue weighted by Gasteiger charge is 2.29. The molecule has 1 aromatic heterocycles. The Morgan fingerprint density at radius 1 is 1.38 bits per heavy atom. The van der Waals surface area contributed by atoms with Gasteiger partial charge in [-0.15, -0.1) is 0 Å². The predicted molar refractivity (Wildman–Crippen MR) is 64.8 cm³/mol. The van der Waals surface area contributed by atoms with Crippen LogP contribution in [-0.4, -0.2) is 16.0 Å². The number of hydrogen-bond acceptors (Lipinski definition) is 5. The van der Waals surface area contributed by atoms with E-state index in [0.717, 1.165) is 11.7 Å². The lowest BCUT2D eigenvalue weighted by molar-refractivity contribution is 0.435. The summed E-state index contributed by atoms with van der Waals surface area (Å²) in [7, 11) is 0. The maximum absolute atomic E-state index is 5.27. The third-order valence-electron chi connectivity index (χ3n) is 3.58. The van der Waals surface area contributed by atoms with Crippen molar-refractivity contribution < 1.29 is 0 Å². The maximum atomic E-state index is 5.27. The summed E-state index contributed by atoms with van der Waals surface area (Å²) in [6, 6.07) is 2.38. The van der Waals surface area contributed by atoms with Gasteiger partial charge in [-0.2, -0.15) is 4.98 Å². The van der Waals surface area contributed by atoms with Crippen LogP contribution in [0.1, 0.15) is 26.7 Å². The second kappa shape index (κ2) is 4.65. The molecule has 4 N–H and O–H groups in total. The molecule has 2 rings (SSSR count). The molecule has 16 heavy (non-hydrogen) atoms. The van der Waals surface area contributed by atoms with Crippen LogP contribution in [0.2, 0.25) is 0 Å². The third kappa shape index (κ3) is 2.24. The normalized spacial score (nSPS) is 29.1. The van der Waals surface area contributed by atoms with Gasteiger partial charge < -0.3 is 5.32 Å². The summed E-state index contributed by atoms with van der Waals surface area (Å²) < 4.78 is 0. The molecular weight excluding hydrogens is 202 g/mol. The van der Waals surface area contributed by atoms with Gasteiger partial charge in [0.05, 0.1) is 0 Å². The standard InChI is InChI=1S/C11H19N5/c1-7-3-4-9(8(7)2)14-10-5-6-13-11(15-10)16-12/h5-9H,3-4,12H2,1-2H3,(H2,13,14,15,16). The van der Waals surface area contributed by atoms with Crippen molar-refractivity contribution in [2.45, 2.75) is 32.7 Å². The van der Waals surface area contributed by atoms with Crippen LogP contribution in [0.5, 0.6) is 0 Å². The topological polar surface area (TPSA) is 75.9 Å². The number of nitrogens with one attached hydrogen (secondary N) is 2. The van der Waals surface area contributed by atoms with E-state index >= 15 is 0 Å². The van der Waals surface area contributed by atoms with Crippen molar-refractivity contribution in [1.29, 1.82) is 0 Å². The first-order valence-corrected chi connectivity index (χ1v) is 5.77. The van der Waals surface area contributed by atoms with Crippen molar-refractivity contribution in [2.24, 2.45) is 17.7 Å². The Hall–Kier alpha value is -1.36. The Morgan fingerprint density at radius 3 is 2.81 bits per heavy atom. The molecule has 1 fully saturated rings. The predicted octanol–water partition coefficient (Wildman–Crippen LogP) is 1.61. The summed E-state index contributed by atoms with van der Waals surface area (Å²) in [5.74, 6) is 8.03. The quantitative estimate of drug-likeness (QED) is 0.534. The van der Waals surface area contributed by atoms with Gasteiger partial charge in [-0.05, 0) is 30.7 Å². The molecule has 1 aliphatic rings. The van der Waals surface area contributed by atoms with E-state index in [1.165, 1.54) is 12.8 Å². The van der Waals surface area contributed by atoms with Gasteiger partial charge >= 0.3 is 0 Å². The van der Waals surface area contributed by atoms with Crippen molar-refractivity contribution in [2.75, 3.05) is 10.7 Å². The summed E-state index contributed by atoms with van der Waals surface area (Å²) in [5.41, 5.74) is 2.45. The zero-order valence-corrected chi connectivity index (χ0v) is 9.77. The molecule has 0 aliphatic heterocycles. The molecule has 0 saturated heterocycles. The van der Waals surface area contributed by atoms with Crippen molar-refractivity contribution in [3.05, 3.63) is 12.3 Å². The minimum atomic E-state index is 0.448. The lowest BCUT2D eigenvalue weighted by Gasteiger charge is -2.20. The van der Waals surface area contributed by atoms with Crippen LogP contribution in [0.25, 0.3) is 0 Å². The number of nitrogens with two attached hydrogens (primary N) is 1. The number of nitrogens with zero attached hydrogens (tertiary/aromatic N) is 2. The molecule has 0 bridgehead atoms. The SMILES string of the molecule is CC1CCC(Nc2ccnc(NN)n2)C1C. The van der Waals surface area contributed by atoms with E-state index in [9.17, 15) is 0 Å². The van der Waals surface area contributed by atoms with Crippen molar-refractivity contribution >= 4 is 11.8 Å². The van der Waals surface area contributed by atoms with E-state index in [1.807, 2.05) is 6.07 Å². The van der Waals surface area contributed by atoms with Gasteiger partial charge in [-0.3, -0.25) is 5.43 Å². The van der Waals surface area contributed by atoms with Gasteiger partial charge in [-0.1, -0.05) is 13.8 Å². The van der Waals surface area contributed by atoms with E-state index in [0.29, 0.717) is 17.9 Å². The van der Waals surface area contributed by atoms with E-state index < -0.39 is 0 Å². The fourth-order valence-corrected chi connectivity index (χ4v) is 2.27. The van der Waals surface area contributed by atoms with Crippen LogP contribution >= 0.6 is 0 Å². The summed E-state index contributed by atoms with van der Waals surface area (Å²) in [5, 5.41) is 3.45. The van der Waals surface area contributed by atoms with Crippen LogP contribution in [0.3, 0.4) is 0 Å². The zero-order chi connectivity index (χ0) is 11.5. The lowest BCUT2D eigenvalue weighted by Crippen LogP contribution is -2.25. The molecule has 1 heterocycles. The minimum absolute atomic E-state index is 0.448.